The van der Waals surface area contributed by atoms with Crippen molar-refractivity contribution in [3.63, 3.8) is 0 Å². The molecule has 0 aliphatic rings. The number of ether oxygens (including phenoxy) is 3. The fourth-order valence-corrected chi connectivity index (χ4v) is 3.07. The van der Waals surface area contributed by atoms with Gasteiger partial charge in [0, 0.05) is 12.8 Å². The van der Waals surface area contributed by atoms with E-state index >= 15 is 0 Å². The van der Waals surface area contributed by atoms with Gasteiger partial charge in [0.05, 0.1) is 0 Å². The molecule has 0 aromatic heterocycles. The van der Waals surface area contributed by atoms with Gasteiger partial charge in [-0.1, -0.05) is 12.1 Å². The lowest BCUT2D eigenvalue weighted by atomic mass is 10.1. The van der Waals surface area contributed by atoms with Gasteiger partial charge >= 0.3 is 23.9 Å². The van der Waals surface area contributed by atoms with Crippen LogP contribution in [0.1, 0.15) is 80.7 Å². The molecule has 1 aromatic carbocycles. The van der Waals surface area contributed by atoms with Crippen LogP contribution in [0.4, 0.5) is 4.79 Å². The van der Waals surface area contributed by atoms with Crippen molar-refractivity contribution in [2.24, 2.45) is 0 Å². The van der Waals surface area contributed by atoms with E-state index < -0.39 is 52.8 Å². The van der Waals surface area contributed by atoms with Crippen molar-refractivity contribution in [1.29, 1.82) is 0 Å². The molecule has 10 heteroatoms. The van der Waals surface area contributed by atoms with E-state index in [9.17, 15) is 24.3 Å². The van der Waals surface area contributed by atoms with Gasteiger partial charge in [0.1, 0.15) is 34.6 Å². The van der Waals surface area contributed by atoms with Crippen molar-refractivity contribution in [1.82, 2.24) is 10.6 Å². The molecule has 0 bridgehead atoms. The van der Waals surface area contributed by atoms with Gasteiger partial charge < -0.3 is 30.0 Å². The maximum absolute atomic E-state index is 12.9. The highest BCUT2D eigenvalue weighted by Gasteiger charge is 2.31. The lowest BCUT2D eigenvalue weighted by Crippen LogP contribution is -2.53. The van der Waals surface area contributed by atoms with Gasteiger partial charge in [-0.25, -0.2) is 14.4 Å². The Hall–Kier alpha value is -3.30. The Kier molecular flexibility index (Phi) is 11.0. The number of hydrogen-bond donors (Lipinski definition) is 3. The molecule has 0 aliphatic carbocycles. The predicted octanol–water partition coefficient (Wildman–Crippen LogP) is 3.78. The second kappa shape index (κ2) is 12.8. The number of hydrogen-bond acceptors (Lipinski definition) is 8. The van der Waals surface area contributed by atoms with Crippen molar-refractivity contribution in [3.8, 4) is 5.75 Å². The Morgan fingerprint density at radius 1 is 0.730 bits per heavy atom. The molecule has 3 N–H and O–H groups in total. The van der Waals surface area contributed by atoms with Crippen LogP contribution in [0.2, 0.25) is 0 Å². The summed E-state index contributed by atoms with van der Waals surface area (Å²) in [5, 5.41) is 14.6. The largest absolute Gasteiger partial charge is 0.508 e. The van der Waals surface area contributed by atoms with Gasteiger partial charge in [-0.3, -0.25) is 4.79 Å². The van der Waals surface area contributed by atoms with Crippen LogP contribution in [0.25, 0.3) is 0 Å². The molecule has 2 unspecified atom stereocenters. The Morgan fingerprint density at radius 3 is 1.62 bits per heavy atom. The number of nitrogens with one attached hydrogen (secondary N) is 2. The summed E-state index contributed by atoms with van der Waals surface area (Å²) in [5.74, 6) is -1.85. The number of benzene rings is 1. The molecule has 1 aromatic rings. The van der Waals surface area contributed by atoms with E-state index in [1.54, 1.807) is 74.4 Å². The molecule has 0 radical (unpaired) electrons. The van der Waals surface area contributed by atoms with Crippen LogP contribution in [-0.4, -0.2) is 57.9 Å². The molecule has 0 spiro atoms. The van der Waals surface area contributed by atoms with E-state index in [0.717, 1.165) is 0 Å². The zero-order chi connectivity index (χ0) is 28.6. The minimum atomic E-state index is -1.17. The molecule has 1 rings (SSSR count). The van der Waals surface area contributed by atoms with Crippen LogP contribution in [0.15, 0.2) is 24.3 Å². The molecule has 0 saturated carbocycles. The third kappa shape index (κ3) is 14.1. The molecular weight excluding hydrogens is 480 g/mol. The van der Waals surface area contributed by atoms with Gasteiger partial charge in [-0.05, 0) is 86.4 Å². The summed E-state index contributed by atoms with van der Waals surface area (Å²) in [4.78, 5) is 50.8. The first-order chi connectivity index (χ1) is 16.7. The van der Waals surface area contributed by atoms with E-state index in [1.165, 1.54) is 12.1 Å². The first-order valence-corrected chi connectivity index (χ1v) is 12.3. The first-order valence-electron chi connectivity index (χ1n) is 12.3. The maximum atomic E-state index is 12.9. The highest BCUT2D eigenvalue weighted by molar-refractivity contribution is 5.87. The summed E-state index contributed by atoms with van der Waals surface area (Å²) < 4.78 is 16.2. The lowest BCUT2D eigenvalue weighted by Gasteiger charge is -2.27. The van der Waals surface area contributed by atoms with Crippen molar-refractivity contribution in [2.75, 3.05) is 0 Å². The first kappa shape index (κ1) is 31.7. The van der Waals surface area contributed by atoms with Crippen LogP contribution in [0.3, 0.4) is 0 Å². The summed E-state index contributed by atoms with van der Waals surface area (Å²) in [5.41, 5.74) is -1.65. The van der Waals surface area contributed by atoms with Crippen LogP contribution >= 0.6 is 0 Å². The second-order valence-corrected chi connectivity index (χ2v) is 11.8. The number of urea groups is 1. The molecule has 0 aliphatic heterocycles. The number of rotatable bonds is 9. The van der Waals surface area contributed by atoms with E-state index in [4.69, 9.17) is 14.2 Å². The minimum absolute atomic E-state index is 0.0632. The van der Waals surface area contributed by atoms with Gasteiger partial charge in [-0.2, -0.15) is 0 Å². The maximum Gasteiger partial charge on any atom is 0.329 e. The van der Waals surface area contributed by atoms with E-state index in [2.05, 4.69) is 10.6 Å². The average Bonchev–Trinajstić information content (AvgIpc) is 2.68. The number of carbonyl (C=O) groups is 4. The number of phenolic OH excluding ortho intramolecular Hbond substituents is 1. The topological polar surface area (TPSA) is 140 Å². The third-order valence-corrected chi connectivity index (χ3v) is 4.43. The Bertz CT molecular complexity index is 937. The van der Waals surface area contributed by atoms with Crippen LogP contribution in [0.5, 0.6) is 5.75 Å². The van der Waals surface area contributed by atoms with Gasteiger partial charge in [-0.15, -0.1) is 0 Å². The smallest absolute Gasteiger partial charge is 0.329 e. The van der Waals surface area contributed by atoms with Crippen molar-refractivity contribution >= 4 is 23.9 Å². The molecule has 0 saturated heterocycles. The van der Waals surface area contributed by atoms with Crippen LogP contribution in [0, 0.1) is 0 Å². The summed E-state index contributed by atoms with van der Waals surface area (Å²) in [6.07, 6.45) is -0.117. The monoisotopic (exact) mass is 522 g/mol. The number of aromatic hydroxyl groups is 1. The highest BCUT2D eigenvalue weighted by atomic mass is 16.6. The average molecular weight is 523 g/mol. The van der Waals surface area contributed by atoms with E-state index in [1.807, 2.05) is 0 Å². The molecular formula is C27H42N2O8. The normalized spacial score (nSPS) is 13.6. The summed E-state index contributed by atoms with van der Waals surface area (Å²) >= 11 is 0. The fourth-order valence-electron chi connectivity index (χ4n) is 3.07. The van der Waals surface area contributed by atoms with Gasteiger partial charge in [0.15, 0.2) is 0 Å². The predicted molar refractivity (Wildman–Crippen MR) is 138 cm³/mol. The van der Waals surface area contributed by atoms with Crippen LogP contribution in [-0.2, 0) is 35.0 Å². The molecule has 2 atom stereocenters. The molecule has 0 heterocycles. The standard InChI is InChI=1S/C27H42N2O8/c1-25(2,3)35-21(31)15-14-19(22(32)36-26(4,5)6)28-24(34)29-20(23(33)37-27(7,8)9)16-17-10-12-18(30)13-11-17/h10-13,19-20,30H,14-16H2,1-9H3,(H2,28,29,34). The Morgan fingerprint density at radius 2 is 1.16 bits per heavy atom. The molecule has 37 heavy (non-hydrogen) atoms. The van der Waals surface area contributed by atoms with Crippen molar-refractivity contribution in [3.05, 3.63) is 29.8 Å². The number of amides is 2. The Balaban J connectivity index is 3.04. The summed E-state index contributed by atoms with van der Waals surface area (Å²) in [7, 11) is 0. The number of carbonyl (C=O) groups excluding carboxylic acids is 4. The van der Waals surface area contributed by atoms with E-state index in [-0.39, 0.29) is 25.0 Å². The molecule has 2 amide bonds. The zero-order valence-electron chi connectivity index (χ0n) is 23.4. The van der Waals surface area contributed by atoms with E-state index in [0.29, 0.717) is 5.56 Å². The van der Waals surface area contributed by atoms with Crippen molar-refractivity contribution < 1.29 is 38.5 Å². The molecule has 208 valence electrons. The van der Waals surface area contributed by atoms with Gasteiger partial charge in [0.2, 0.25) is 0 Å². The van der Waals surface area contributed by atoms with Crippen LogP contribution < -0.4 is 10.6 Å². The highest BCUT2D eigenvalue weighted by Crippen LogP contribution is 2.16. The van der Waals surface area contributed by atoms with Gasteiger partial charge in [0.25, 0.3) is 0 Å². The number of esters is 3. The molecule has 0 fully saturated rings. The zero-order valence-corrected chi connectivity index (χ0v) is 23.4. The third-order valence-electron chi connectivity index (χ3n) is 4.43. The fraction of sp³-hybridized carbons (Fsp3) is 0.630. The second-order valence-electron chi connectivity index (χ2n) is 11.8. The molecule has 10 nitrogen and oxygen atoms in total. The Labute approximate surface area is 219 Å². The quantitative estimate of drug-likeness (QED) is 0.329. The summed E-state index contributed by atoms with van der Waals surface area (Å²) in [6, 6.07) is 3.11. The summed E-state index contributed by atoms with van der Waals surface area (Å²) in [6.45, 7) is 15.4. The van der Waals surface area contributed by atoms with Crippen molar-refractivity contribution in [2.45, 2.75) is 110 Å². The number of phenols is 1. The SMILES string of the molecule is CC(C)(C)OC(=O)CCC(NC(=O)NC(Cc1ccc(O)cc1)C(=O)OC(C)(C)C)C(=O)OC(C)(C)C. The minimum Gasteiger partial charge on any atom is -0.508 e. The lowest BCUT2D eigenvalue weighted by molar-refractivity contribution is -0.159.